The van der Waals surface area contributed by atoms with Crippen LogP contribution in [0.5, 0.6) is 11.6 Å². The lowest BCUT2D eigenvalue weighted by Crippen LogP contribution is -2.35. The second-order valence-electron chi connectivity index (χ2n) is 6.34. The van der Waals surface area contributed by atoms with E-state index in [0.29, 0.717) is 12.4 Å². The summed E-state index contributed by atoms with van der Waals surface area (Å²) in [6.45, 7) is 11.2. The van der Waals surface area contributed by atoms with Crippen LogP contribution in [0, 0.1) is 13.8 Å². The number of aryl methyl sites for hydroxylation is 2. The molecule has 0 aliphatic heterocycles. The van der Waals surface area contributed by atoms with Gasteiger partial charge in [-0.1, -0.05) is 17.7 Å². The van der Waals surface area contributed by atoms with Crippen molar-refractivity contribution >= 4 is 0 Å². The number of nitrogens with zero attached hydrogens (tertiary/aromatic N) is 2. The minimum absolute atomic E-state index is 0.0653. The number of hydrogen-bond acceptors (Lipinski definition) is 4. The number of benzene rings is 1. The highest BCUT2D eigenvalue weighted by Crippen LogP contribution is 2.23. The van der Waals surface area contributed by atoms with Gasteiger partial charge in [0.05, 0.1) is 5.69 Å². The molecule has 0 atom stereocenters. The molecule has 4 nitrogen and oxygen atoms in total. The van der Waals surface area contributed by atoms with Gasteiger partial charge in [0.1, 0.15) is 5.75 Å². The van der Waals surface area contributed by atoms with Crippen LogP contribution in [-0.4, -0.2) is 15.7 Å². The Bertz CT molecular complexity index is 600. The van der Waals surface area contributed by atoms with Gasteiger partial charge in [-0.25, -0.2) is 0 Å². The topological polar surface area (TPSA) is 47.0 Å². The number of nitrogens with one attached hydrogen (secondary N) is 1. The predicted octanol–water partition coefficient (Wildman–Crippen LogP) is 3.77. The minimum Gasteiger partial charge on any atom is -0.437 e. The van der Waals surface area contributed by atoms with Crippen molar-refractivity contribution < 1.29 is 4.74 Å². The molecule has 21 heavy (non-hydrogen) atoms. The molecule has 0 saturated carbocycles. The number of ether oxygens (including phenoxy) is 1. The molecule has 0 aliphatic carbocycles. The van der Waals surface area contributed by atoms with Crippen LogP contribution >= 0.6 is 0 Å². The Labute approximate surface area is 126 Å². The summed E-state index contributed by atoms with van der Waals surface area (Å²) in [6.07, 6.45) is 0. The summed E-state index contributed by atoms with van der Waals surface area (Å²) in [5, 5.41) is 11.7. The maximum Gasteiger partial charge on any atom is 0.238 e. The van der Waals surface area contributed by atoms with E-state index in [4.69, 9.17) is 4.74 Å². The Morgan fingerprint density at radius 3 is 2.38 bits per heavy atom. The maximum absolute atomic E-state index is 5.77. The van der Waals surface area contributed by atoms with Crippen molar-refractivity contribution in [3.63, 3.8) is 0 Å². The monoisotopic (exact) mass is 285 g/mol. The Hall–Kier alpha value is -1.94. The summed E-state index contributed by atoms with van der Waals surface area (Å²) in [7, 11) is 0. The van der Waals surface area contributed by atoms with Crippen molar-refractivity contribution in [2.24, 2.45) is 0 Å². The van der Waals surface area contributed by atoms with Gasteiger partial charge in [-0.2, -0.15) is 5.10 Å². The average Bonchev–Trinajstić information content (AvgIpc) is 2.40. The molecule has 2 aromatic rings. The summed E-state index contributed by atoms with van der Waals surface area (Å²) < 4.78 is 5.77. The number of aromatic nitrogens is 2. The molecule has 1 aromatic heterocycles. The van der Waals surface area contributed by atoms with Crippen molar-refractivity contribution in [2.45, 2.75) is 46.7 Å². The molecule has 0 spiro atoms. The van der Waals surface area contributed by atoms with Crippen LogP contribution < -0.4 is 10.1 Å². The van der Waals surface area contributed by atoms with E-state index in [1.807, 2.05) is 31.2 Å². The molecular formula is C17H23N3O. The third-order valence-corrected chi connectivity index (χ3v) is 3.04. The van der Waals surface area contributed by atoms with E-state index in [2.05, 4.69) is 49.3 Å². The molecule has 4 heteroatoms. The first kappa shape index (κ1) is 15.4. The van der Waals surface area contributed by atoms with Crippen molar-refractivity contribution in [1.29, 1.82) is 0 Å². The summed E-state index contributed by atoms with van der Waals surface area (Å²) in [4.78, 5) is 0. The summed E-state index contributed by atoms with van der Waals surface area (Å²) in [5.74, 6) is 1.33. The fourth-order valence-corrected chi connectivity index (χ4v) is 1.88. The van der Waals surface area contributed by atoms with Crippen molar-refractivity contribution in [3.8, 4) is 11.6 Å². The second kappa shape index (κ2) is 6.22. The van der Waals surface area contributed by atoms with E-state index in [-0.39, 0.29) is 5.54 Å². The highest BCUT2D eigenvalue weighted by atomic mass is 16.5. The average molecular weight is 285 g/mol. The largest absolute Gasteiger partial charge is 0.437 e. The van der Waals surface area contributed by atoms with E-state index in [1.165, 1.54) is 5.56 Å². The first-order valence-corrected chi connectivity index (χ1v) is 7.16. The van der Waals surface area contributed by atoms with Crippen LogP contribution in [-0.2, 0) is 6.54 Å². The quantitative estimate of drug-likeness (QED) is 0.928. The Kier molecular flexibility index (Phi) is 4.58. The van der Waals surface area contributed by atoms with Gasteiger partial charge in [-0.3, -0.25) is 0 Å². The van der Waals surface area contributed by atoms with Gasteiger partial charge in [0, 0.05) is 18.2 Å². The molecule has 0 amide bonds. The van der Waals surface area contributed by atoms with Gasteiger partial charge in [0.25, 0.3) is 0 Å². The third kappa shape index (κ3) is 4.83. The molecule has 0 aliphatic rings. The lowest BCUT2D eigenvalue weighted by molar-refractivity contribution is 0.416. The normalized spacial score (nSPS) is 11.5. The summed E-state index contributed by atoms with van der Waals surface area (Å²) >= 11 is 0. The third-order valence-electron chi connectivity index (χ3n) is 3.04. The molecular weight excluding hydrogens is 262 g/mol. The number of rotatable bonds is 4. The van der Waals surface area contributed by atoms with Crippen LogP contribution in [0.4, 0.5) is 0 Å². The van der Waals surface area contributed by atoms with Crippen molar-refractivity contribution in [1.82, 2.24) is 15.5 Å². The molecule has 1 heterocycles. The first-order chi connectivity index (χ1) is 9.83. The minimum atomic E-state index is 0.0653. The first-order valence-electron chi connectivity index (χ1n) is 7.16. The van der Waals surface area contributed by atoms with E-state index < -0.39 is 0 Å². The van der Waals surface area contributed by atoms with Crippen LogP contribution in [0.2, 0.25) is 0 Å². The molecule has 1 N–H and O–H groups in total. The number of hydrogen-bond donors (Lipinski definition) is 1. The lowest BCUT2D eigenvalue weighted by atomic mass is 10.1. The van der Waals surface area contributed by atoms with Crippen LogP contribution in [0.1, 0.15) is 37.6 Å². The van der Waals surface area contributed by atoms with Gasteiger partial charge >= 0.3 is 0 Å². The Balaban J connectivity index is 2.02. The molecule has 112 valence electrons. The molecule has 0 fully saturated rings. The molecule has 2 rings (SSSR count). The highest BCUT2D eigenvalue weighted by molar-refractivity contribution is 5.37. The standard InChI is InChI=1S/C17H23N3O/c1-12-6-8-15(13(2)10-12)21-16-9-7-14(19-20-16)11-18-17(3,4)5/h6-10,18H,11H2,1-5H3. The van der Waals surface area contributed by atoms with E-state index in [0.717, 1.165) is 17.0 Å². The van der Waals surface area contributed by atoms with Crippen molar-refractivity contribution in [2.75, 3.05) is 0 Å². The van der Waals surface area contributed by atoms with E-state index >= 15 is 0 Å². The van der Waals surface area contributed by atoms with Gasteiger partial charge < -0.3 is 10.1 Å². The van der Waals surface area contributed by atoms with Crippen LogP contribution in [0.3, 0.4) is 0 Å². The molecule has 0 unspecified atom stereocenters. The zero-order valence-electron chi connectivity index (χ0n) is 13.4. The molecule has 1 aromatic carbocycles. The highest BCUT2D eigenvalue weighted by Gasteiger charge is 2.09. The van der Waals surface area contributed by atoms with Gasteiger partial charge in [-0.05, 0) is 52.3 Å². The van der Waals surface area contributed by atoms with Gasteiger partial charge in [0.15, 0.2) is 0 Å². The predicted molar refractivity (Wildman–Crippen MR) is 84.6 cm³/mol. The zero-order valence-corrected chi connectivity index (χ0v) is 13.4. The van der Waals surface area contributed by atoms with Crippen molar-refractivity contribution in [3.05, 3.63) is 47.2 Å². The van der Waals surface area contributed by atoms with Gasteiger partial charge in [0.2, 0.25) is 5.88 Å². The molecule has 0 saturated heterocycles. The van der Waals surface area contributed by atoms with Crippen LogP contribution in [0.25, 0.3) is 0 Å². The Morgan fingerprint density at radius 2 is 1.81 bits per heavy atom. The molecule has 0 radical (unpaired) electrons. The summed E-state index contributed by atoms with van der Waals surface area (Å²) in [5.41, 5.74) is 3.28. The molecule has 0 bridgehead atoms. The smallest absolute Gasteiger partial charge is 0.238 e. The van der Waals surface area contributed by atoms with E-state index in [9.17, 15) is 0 Å². The van der Waals surface area contributed by atoms with E-state index in [1.54, 1.807) is 0 Å². The SMILES string of the molecule is Cc1ccc(Oc2ccc(CNC(C)(C)C)nn2)c(C)c1. The second-order valence-corrected chi connectivity index (χ2v) is 6.34. The summed E-state index contributed by atoms with van der Waals surface area (Å²) in [6, 6.07) is 9.86. The maximum atomic E-state index is 5.77. The zero-order chi connectivity index (χ0) is 15.5. The fourth-order valence-electron chi connectivity index (χ4n) is 1.88. The Morgan fingerprint density at radius 1 is 1.05 bits per heavy atom. The lowest BCUT2D eigenvalue weighted by Gasteiger charge is -2.19. The van der Waals surface area contributed by atoms with Crippen LogP contribution in [0.15, 0.2) is 30.3 Å². The van der Waals surface area contributed by atoms with Gasteiger partial charge in [-0.15, -0.1) is 5.10 Å². The fraction of sp³-hybridized carbons (Fsp3) is 0.412.